The van der Waals surface area contributed by atoms with E-state index in [2.05, 4.69) is 4.98 Å². The van der Waals surface area contributed by atoms with E-state index in [9.17, 15) is 8.42 Å². The average molecular weight is 237 g/mol. The van der Waals surface area contributed by atoms with Crippen molar-refractivity contribution < 1.29 is 12.6 Å². The Hall–Kier alpha value is -1.46. The fourth-order valence-corrected chi connectivity index (χ4v) is 1.83. The molecule has 84 valence electrons. The normalized spacial score (nSPS) is 11.8. The third-order valence-electron chi connectivity index (χ3n) is 2.20. The first-order valence-corrected chi connectivity index (χ1v) is 6.54. The maximum absolute atomic E-state index is 10.9. The lowest BCUT2D eigenvalue weighted by Gasteiger charge is -2.05. The summed E-state index contributed by atoms with van der Waals surface area (Å²) in [6.07, 6.45) is 4.45. The van der Waals surface area contributed by atoms with E-state index in [1.54, 1.807) is 12.4 Å². The van der Waals surface area contributed by atoms with Gasteiger partial charge >= 0.3 is 0 Å². The standard InChI is InChI=1S/C11H11NO3S/c1-16(13,14)15-8-10-4-2-3-9-7-12-6-5-11(9)10/h2-7H,8H2,1H3. The Balaban J connectivity index is 2.38. The van der Waals surface area contributed by atoms with Crippen LogP contribution >= 0.6 is 0 Å². The molecule has 16 heavy (non-hydrogen) atoms. The first-order chi connectivity index (χ1) is 7.56. The molecule has 1 heterocycles. The van der Waals surface area contributed by atoms with Gasteiger partial charge in [-0.3, -0.25) is 9.17 Å². The molecule has 0 radical (unpaired) electrons. The van der Waals surface area contributed by atoms with Crippen LogP contribution in [0.25, 0.3) is 10.8 Å². The average Bonchev–Trinajstić information content (AvgIpc) is 2.25. The van der Waals surface area contributed by atoms with E-state index in [-0.39, 0.29) is 6.61 Å². The van der Waals surface area contributed by atoms with Gasteiger partial charge in [-0.05, 0) is 17.0 Å². The summed E-state index contributed by atoms with van der Waals surface area (Å²) in [5, 5.41) is 1.93. The summed E-state index contributed by atoms with van der Waals surface area (Å²) in [5.41, 5.74) is 0.838. The number of aromatic nitrogens is 1. The van der Waals surface area contributed by atoms with Crippen molar-refractivity contribution in [2.45, 2.75) is 6.61 Å². The molecule has 0 saturated carbocycles. The van der Waals surface area contributed by atoms with Gasteiger partial charge in [0.25, 0.3) is 10.1 Å². The van der Waals surface area contributed by atoms with Crippen LogP contribution in [-0.4, -0.2) is 19.7 Å². The quantitative estimate of drug-likeness (QED) is 0.762. The van der Waals surface area contributed by atoms with Crippen LogP contribution in [0.5, 0.6) is 0 Å². The summed E-state index contributed by atoms with van der Waals surface area (Å²) in [7, 11) is -3.41. The van der Waals surface area contributed by atoms with Crippen LogP contribution in [0.15, 0.2) is 36.7 Å². The largest absolute Gasteiger partial charge is 0.265 e. The molecule has 2 aromatic rings. The minimum Gasteiger partial charge on any atom is -0.265 e. The van der Waals surface area contributed by atoms with E-state index in [1.165, 1.54) is 0 Å². The van der Waals surface area contributed by atoms with E-state index in [1.807, 2.05) is 24.3 Å². The van der Waals surface area contributed by atoms with E-state index < -0.39 is 10.1 Å². The Morgan fingerprint density at radius 2 is 2.12 bits per heavy atom. The van der Waals surface area contributed by atoms with Gasteiger partial charge < -0.3 is 0 Å². The van der Waals surface area contributed by atoms with Crippen molar-refractivity contribution >= 4 is 20.9 Å². The van der Waals surface area contributed by atoms with Crippen molar-refractivity contribution in [1.82, 2.24) is 4.98 Å². The SMILES string of the molecule is CS(=O)(=O)OCc1cccc2cnccc12. The van der Waals surface area contributed by atoms with Gasteiger partial charge in [-0.25, -0.2) is 0 Å². The lowest BCUT2D eigenvalue weighted by Crippen LogP contribution is -2.02. The molecular weight excluding hydrogens is 226 g/mol. The number of pyridine rings is 1. The highest BCUT2D eigenvalue weighted by Gasteiger charge is 2.05. The predicted octanol–water partition coefficient (Wildman–Crippen LogP) is 1.71. The second kappa shape index (κ2) is 4.19. The van der Waals surface area contributed by atoms with Crippen molar-refractivity contribution in [3.05, 3.63) is 42.2 Å². The highest BCUT2D eigenvalue weighted by Crippen LogP contribution is 2.18. The molecule has 0 amide bonds. The zero-order chi connectivity index (χ0) is 11.6. The fourth-order valence-electron chi connectivity index (χ4n) is 1.49. The molecule has 0 saturated heterocycles. The molecule has 0 N–H and O–H groups in total. The van der Waals surface area contributed by atoms with Crippen molar-refractivity contribution in [3.8, 4) is 0 Å². The van der Waals surface area contributed by atoms with Crippen LogP contribution < -0.4 is 0 Å². The Kier molecular flexibility index (Phi) is 2.89. The molecule has 0 spiro atoms. The number of fused-ring (bicyclic) bond motifs is 1. The first kappa shape index (κ1) is 11.0. The maximum Gasteiger partial charge on any atom is 0.264 e. The molecule has 0 aliphatic carbocycles. The van der Waals surface area contributed by atoms with Gasteiger partial charge in [0, 0.05) is 17.8 Å². The van der Waals surface area contributed by atoms with E-state index in [0.29, 0.717) is 0 Å². The van der Waals surface area contributed by atoms with Gasteiger partial charge in [-0.15, -0.1) is 0 Å². The molecule has 0 aliphatic heterocycles. The second-order valence-corrected chi connectivity index (χ2v) is 5.12. The summed E-state index contributed by atoms with van der Waals surface area (Å²) >= 11 is 0. The zero-order valence-electron chi connectivity index (χ0n) is 8.75. The number of hydrogen-bond acceptors (Lipinski definition) is 4. The number of nitrogens with zero attached hydrogens (tertiary/aromatic N) is 1. The molecule has 2 rings (SSSR count). The van der Waals surface area contributed by atoms with Gasteiger partial charge in [0.1, 0.15) is 0 Å². The van der Waals surface area contributed by atoms with Gasteiger partial charge in [-0.2, -0.15) is 8.42 Å². The van der Waals surface area contributed by atoms with Crippen molar-refractivity contribution in [3.63, 3.8) is 0 Å². The summed E-state index contributed by atoms with van der Waals surface area (Å²) in [6.45, 7) is 0.0557. The van der Waals surface area contributed by atoms with Crippen LogP contribution in [0.1, 0.15) is 5.56 Å². The molecule has 1 aromatic carbocycles. The first-order valence-electron chi connectivity index (χ1n) is 4.72. The minimum atomic E-state index is -3.41. The van der Waals surface area contributed by atoms with E-state index in [4.69, 9.17) is 4.18 Å². The van der Waals surface area contributed by atoms with Crippen molar-refractivity contribution in [1.29, 1.82) is 0 Å². The Morgan fingerprint density at radius 3 is 2.88 bits per heavy atom. The highest BCUT2D eigenvalue weighted by atomic mass is 32.2. The predicted molar refractivity (Wildman–Crippen MR) is 61.4 cm³/mol. The zero-order valence-corrected chi connectivity index (χ0v) is 9.57. The lowest BCUT2D eigenvalue weighted by atomic mass is 10.1. The second-order valence-electron chi connectivity index (χ2n) is 3.48. The number of hydrogen-bond donors (Lipinski definition) is 0. The van der Waals surface area contributed by atoms with Gasteiger partial charge in [0.05, 0.1) is 12.9 Å². The topological polar surface area (TPSA) is 56.3 Å². The van der Waals surface area contributed by atoms with Crippen LogP contribution in [0.4, 0.5) is 0 Å². The van der Waals surface area contributed by atoms with Crippen molar-refractivity contribution in [2.75, 3.05) is 6.26 Å². The van der Waals surface area contributed by atoms with E-state index in [0.717, 1.165) is 22.6 Å². The van der Waals surface area contributed by atoms with Crippen LogP contribution in [0, 0.1) is 0 Å². The van der Waals surface area contributed by atoms with Crippen LogP contribution in [-0.2, 0) is 20.9 Å². The third kappa shape index (κ3) is 2.56. The minimum absolute atomic E-state index is 0.0557. The van der Waals surface area contributed by atoms with E-state index >= 15 is 0 Å². The smallest absolute Gasteiger partial charge is 0.264 e. The molecular formula is C11H11NO3S. The molecule has 0 atom stereocenters. The highest BCUT2D eigenvalue weighted by molar-refractivity contribution is 7.85. The molecule has 1 aromatic heterocycles. The third-order valence-corrected chi connectivity index (χ3v) is 2.75. The number of benzene rings is 1. The Morgan fingerprint density at radius 1 is 1.31 bits per heavy atom. The monoisotopic (exact) mass is 237 g/mol. The summed E-state index contributed by atoms with van der Waals surface area (Å²) in [6, 6.07) is 7.46. The van der Waals surface area contributed by atoms with Gasteiger partial charge in [0.2, 0.25) is 0 Å². The Bertz CT molecular complexity index is 602. The fraction of sp³-hybridized carbons (Fsp3) is 0.182. The summed E-state index contributed by atoms with van der Waals surface area (Å²) in [5.74, 6) is 0. The van der Waals surface area contributed by atoms with Crippen LogP contribution in [0.2, 0.25) is 0 Å². The number of rotatable bonds is 3. The molecule has 0 unspecified atom stereocenters. The van der Waals surface area contributed by atoms with Gasteiger partial charge in [0.15, 0.2) is 0 Å². The lowest BCUT2D eigenvalue weighted by molar-refractivity contribution is 0.313. The molecule has 0 bridgehead atoms. The maximum atomic E-state index is 10.9. The van der Waals surface area contributed by atoms with Crippen molar-refractivity contribution in [2.24, 2.45) is 0 Å². The summed E-state index contributed by atoms with van der Waals surface area (Å²) < 4.78 is 26.6. The molecule has 4 nitrogen and oxygen atoms in total. The molecule has 0 fully saturated rings. The van der Waals surface area contributed by atoms with Gasteiger partial charge in [-0.1, -0.05) is 18.2 Å². The molecule has 5 heteroatoms. The molecule has 0 aliphatic rings. The Labute approximate surface area is 94.0 Å². The summed E-state index contributed by atoms with van der Waals surface area (Å²) in [4.78, 5) is 4.00. The van der Waals surface area contributed by atoms with Crippen LogP contribution in [0.3, 0.4) is 0 Å².